The van der Waals surface area contributed by atoms with Crippen LogP contribution in [-0.2, 0) is 0 Å². The molecule has 22 heavy (non-hydrogen) atoms. The molecule has 3 atom stereocenters. The molecule has 3 rings (SSSR count). The third-order valence-electron chi connectivity index (χ3n) is 6.83. The standard InChI is InChI=1S/C22H34/c1-5-7-8-20-17(6-2)13-16(3)14-18-15-19(9-10-21(18)20)22(4)11-12-22/h5-6,16,18-19H,1,7-15H2,2-4H3/b17-6-. The van der Waals surface area contributed by atoms with Crippen LogP contribution in [0.3, 0.4) is 0 Å². The van der Waals surface area contributed by atoms with Gasteiger partial charge in [-0.3, -0.25) is 0 Å². The minimum absolute atomic E-state index is 0.714. The Kier molecular flexibility index (Phi) is 4.67. The van der Waals surface area contributed by atoms with E-state index >= 15 is 0 Å². The number of rotatable bonds is 4. The molecule has 0 aliphatic heterocycles. The van der Waals surface area contributed by atoms with Crippen LogP contribution < -0.4 is 0 Å². The number of hydrogen-bond acceptors (Lipinski definition) is 0. The Labute approximate surface area is 137 Å². The summed E-state index contributed by atoms with van der Waals surface area (Å²) in [5.74, 6) is 2.72. The molecule has 0 spiro atoms. The quantitative estimate of drug-likeness (QED) is 0.498. The van der Waals surface area contributed by atoms with Crippen molar-refractivity contribution in [2.75, 3.05) is 0 Å². The van der Waals surface area contributed by atoms with Gasteiger partial charge in [0.2, 0.25) is 0 Å². The second kappa shape index (κ2) is 6.38. The summed E-state index contributed by atoms with van der Waals surface area (Å²) < 4.78 is 0. The highest BCUT2D eigenvalue weighted by molar-refractivity contribution is 5.39. The van der Waals surface area contributed by atoms with Crippen LogP contribution in [-0.4, -0.2) is 0 Å². The van der Waals surface area contributed by atoms with Crippen molar-refractivity contribution >= 4 is 0 Å². The third-order valence-corrected chi connectivity index (χ3v) is 6.83. The van der Waals surface area contributed by atoms with E-state index in [1.807, 2.05) is 5.57 Å². The average molecular weight is 299 g/mol. The molecule has 0 aromatic heterocycles. The topological polar surface area (TPSA) is 0 Å². The predicted molar refractivity (Wildman–Crippen MR) is 96.8 cm³/mol. The van der Waals surface area contributed by atoms with Crippen molar-refractivity contribution in [1.29, 1.82) is 0 Å². The summed E-state index contributed by atoms with van der Waals surface area (Å²) in [5.41, 5.74) is 5.95. The lowest BCUT2D eigenvalue weighted by Crippen LogP contribution is -2.25. The lowest BCUT2D eigenvalue weighted by Gasteiger charge is -2.36. The molecule has 0 N–H and O–H groups in total. The molecular formula is C22H34. The van der Waals surface area contributed by atoms with Gasteiger partial charge in [-0.25, -0.2) is 0 Å². The highest BCUT2D eigenvalue weighted by Crippen LogP contribution is 2.58. The van der Waals surface area contributed by atoms with E-state index in [4.69, 9.17) is 0 Å². The van der Waals surface area contributed by atoms with Crippen molar-refractivity contribution in [3.63, 3.8) is 0 Å². The van der Waals surface area contributed by atoms with E-state index in [-0.39, 0.29) is 0 Å². The predicted octanol–water partition coefficient (Wildman–Crippen LogP) is 6.84. The molecule has 2 fully saturated rings. The first-order valence-electron chi connectivity index (χ1n) is 9.55. The Bertz CT molecular complexity index is 486. The van der Waals surface area contributed by atoms with Crippen LogP contribution in [0.25, 0.3) is 0 Å². The van der Waals surface area contributed by atoms with Crippen LogP contribution in [0.2, 0.25) is 0 Å². The SMILES string of the molecule is C=CCCC1=C2CCC(C3(C)CC3)CC2CC(C)C/C1=C/C. The van der Waals surface area contributed by atoms with Crippen LogP contribution in [0.4, 0.5) is 0 Å². The van der Waals surface area contributed by atoms with E-state index in [0.717, 1.165) is 24.2 Å². The van der Waals surface area contributed by atoms with Gasteiger partial charge in [0.05, 0.1) is 0 Å². The zero-order valence-corrected chi connectivity index (χ0v) is 15.0. The Morgan fingerprint density at radius 1 is 1.27 bits per heavy atom. The van der Waals surface area contributed by atoms with Gasteiger partial charge in [-0.1, -0.05) is 31.6 Å². The molecule has 0 bridgehead atoms. The molecule has 3 aliphatic carbocycles. The summed E-state index contributed by atoms with van der Waals surface area (Å²) in [4.78, 5) is 0. The first-order valence-corrected chi connectivity index (χ1v) is 9.55. The van der Waals surface area contributed by atoms with Crippen LogP contribution in [0.5, 0.6) is 0 Å². The van der Waals surface area contributed by atoms with E-state index in [1.165, 1.54) is 51.4 Å². The van der Waals surface area contributed by atoms with E-state index in [2.05, 4.69) is 39.5 Å². The fourth-order valence-electron chi connectivity index (χ4n) is 5.15. The van der Waals surface area contributed by atoms with Gasteiger partial charge < -0.3 is 0 Å². The van der Waals surface area contributed by atoms with Crippen LogP contribution in [0.1, 0.15) is 78.6 Å². The molecule has 0 heterocycles. The maximum atomic E-state index is 3.95. The highest BCUT2D eigenvalue weighted by atomic mass is 14.5. The Morgan fingerprint density at radius 3 is 2.68 bits per heavy atom. The van der Waals surface area contributed by atoms with Gasteiger partial charge in [0.25, 0.3) is 0 Å². The maximum Gasteiger partial charge on any atom is -0.0192 e. The summed E-state index contributed by atoms with van der Waals surface area (Å²) in [6.45, 7) is 11.2. The molecule has 2 saturated carbocycles. The smallest absolute Gasteiger partial charge is 0.0192 e. The molecule has 0 nitrogen and oxygen atoms in total. The molecule has 0 heteroatoms. The van der Waals surface area contributed by atoms with Gasteiger partial charge in [0, 0.05) is 0 Å². The van der Waals surface area contributed by atoms with Crippen LogP contribution in [0.15, 0.2) is 35.5 Å². The minimum atomic E-state index is 0.714. The van der Waals surface area contributed by atoms with E-state index in [1.54, 1.807) is 11.1 Å². The van der Waals surface area contributed by atoms with Crippen molar-refractivity contribution < 1.29 is 0 Å². The molecule has 0 aromatic rings. The molecule has 0 saturated heterocycles. The fourth-order valence-corrected chi connectivity index (χ4v) is 5.15. The summed E-state index contributed by atoms with van der Waals surface area (Å²) in [5, 5.41) is 0. The Hall–Kier alpha value is -0.780. The molecule has 0 amide bonds. The normalized spacial score (nSPS) is 36.0. The maximum absolute atomic E-state index is 3.95. The number of allylic oxidation sites excluding steroid dienone is 5. The van der Waals surface area contributed by atoms with Crippen LogP contribution >= 0.6 is 0 Å². The molecule has 3 aliphatic rings. The van der Waals surface area contributed by atoms with E-state index in [9.17, 15) is 0 Å². The average Bonchev–Trinajstić information content (AvgIpc) is 3.27. The molecule has 122 valence electrons. The second-order valence-corrected chi connectivity index (χ2v) is 8.51. The first kappa shape index (κ1) is 16.1. The Morgan fingerprint density at radius 2 is 2.05 bits per heavy atom. The van der Waals surface area contributed by atoms with Crippen LogP contribution in [0, 0.1) is 23.2 Å². The monoisotopic (exact) mass is 298 g/mol. The van der Waals surface area contributed by atoms with Gasteiger partial charge >= 0.3 is 0 Å². The fraction of sp³-hybridized carbons (Fsp3) is 0.727. The Balaban J connectivity index is 1.88. The molecule has 0 aromatic carbocycles. The third kappa shape index (κ3) is 3.12. The zero-order chi connectivity index (χ0) is 15.7. The van der Waals surface area contributed by atoms with Crippen molar-refractivity contribution in [2.24, 2.45) is 23.2 Å². The van der Waals surface area contributed by atoms with Crippen molar-refractivity contribution in [2.45, 2.75) is 78.6 Å². The van der Waals surface area contributed by atoms with E-state index < -0.39 is 0 Å². The van der Waals surface area contributed by atoms with Gasteiger partial charge in [0.15, 0.2) is 0 Å². The van der Waals surface area contributed by atoms with Gasteiger partial charge in [-0.15, -0.1) is 6.58 Å². The highest BCUT2D eigenvalue weighted by Gasteiger charge is 2.47. The number of hydrogen-bond donors (Lipinski definition) is 0. The minimum Gasteiger partial charge on any atom is -0.103 e. The van der Waals surface area contributed by atoms with Crippen molar-refractivity contribution in [1.82, 2.24) is 0 Å². The number of fused-ring (bicyclic) bond motifs is 1. The van der Waals surface area contributed by atoms with E-state index in [0.29, 0.717) is 5.41 Å². The molecule has 3 unspecified atom stereocenters. The summed E-state index contributed by atoms with van der Waals surface area (Å²) in [6, 6.07) is 0. The summed E-state index contributed by atoms with van der Waals surface area (Å²) in [7, 11) is 0. The second-order valence-electron chi connectivity index (χ2n) is 8.51. The summed E-state index contributed by atoms with van der Waals surface area (Å²) >= 11 is 0. The van der Waals surface area contributed by atoms with Crippen molar-refractivity contribution in [3.8, 4) is 0 Å². The zero-order valence-electron chi connectivity index (χ0n) is 15.0. The van der Waals surface area contributed by atoms with Gasteiger partial charge in [0.1, 0.15) is 0 Å². The van der Waals surface area contributed by atoms with Crippen molar-refractivity contribution in [3.05, 3.63) is 35.5 Å². The first-order chi connectivity index (χ1) is 10.6. The molecule has 0 radical (unpaired) electrons. The largest absolute Gasteiger partial charge is 0.103 e. The lowest BCUT2D eigenvalue weighted by atomic mass is 9.69. The van der Waals surface area contributed by atoms with Gasteiger partial charge in [-0.2, -0.15) is 0 Å². The summed E-state index contributed by atoms with van der Waals surface area (Å²) in [6.07, 6.45) is 16.9. The molecular weight excluding hydrogens is 264 g/mol. The lowest BCUT2D eigenvalue weighted by molar-refractivity contribution is 0.214. The van der Waals surface area contributed by atoms with Gasteiger partial charge in [-0.05, 0) is 99.0 Å².